The Bertz CT molecular complexity index is 779. The lowest BCUT2D eigenvalue weighted by Crippen LogP contribution is -2.26. The van der Waals surface area contributed by atoms with Gasteiger partial charge in [0.2, 0.25) is 6.10 Å². The van der Waals surface area contributed by atoms with Crippen molar-refractivity contribution in [3.05, 3.63) is 59.7 Å². The largest absolute Gasteiger partial charge is 0.494 e. The van der Waals surface area contributed by atoms with Gasteiger partial charge in [0.05, 0.1) is 24.5 Å². The van der Waals surface area contributed by atoms with E-state index in [1.807, 2.05) is 37.3 Å². The van der Waals surface area contributed by atoms with Gasteiger partial charge in [-0.1, -0.05) is 11.2 Å². The number of benzene rings is 2. The lowest BCUT2D eigenvalue weighted by molar-refractivity contribution is -0.126. The Hall–Kier alpha value is -3.33. The van der Waals surface area contributed by atoms with Gasteiger partial charge < -0.3 is 14.9 Å². The SMILES string of the molecule is CCOc1ccc(/C=N\O[C@H](C)C(=O)Nc2cccc(C#N)c2)cc1. The first-order valence-electron chi connectivity index (χ1n) is 7.85. The van der Waals surface area contributed by atoms with E-state index in [4.69, 9.17) is 14.8 Å². The molecule has 6 nitrogen and oxygen atoms in total. The van der Waals surface area contributed by atoms with Crippen LogP contribution in [0.2, 0.25) is 0 Å². The zero-order valence-electron chi connectivity index (χ0n) is 14.1. The fraction of sp³-hybridized carbons (Fsp3) is 0.211. The molecule has 2 aromatic carbocycles. The van der Waals surface area contributed by atoms with Crippen molar-refractivity contribution in [1.82, 2.24) is 0 Å². The maximum atomic E-state index is 12.1. The van der Waals surface area contributed by atoms with E-state index in [9.17, 15) is 4.79 Å². The summed E-state index contributed by atoms with van der Waals surface area (Å²) in [7, 11) is 0. The number of carbonyl (C=O) groups excluding carboxylic acids is 1. The molecular formula is C19H19N3O3. The van der Waals surface area contributed by atoms with Gasteiger partial charge in [-0.2, -0.15) is 5.26 Å². The second kappa shape index (κ2) is 9.08. The molecule has 1 atom stereocenters. The van der Waals surface area contributed by atoms with E-state index in [1.54, 1.807) is 31.2 Å². The minimum atomic E-state index is -0.773. The number of ether oxygens (including phenoxy) is 1. The average molecular weight is 337 g/mol. The third-order valence-electron chi connectivity index (χ3n) is 3.24. The molecule has 0 aliphatic heterocycles. The first-order valence-corrected chi connectivity index (χ1v) is 7.85. The zero-order chi connectivity index (χ0) is 18.1. The van der Waals surface area contributed by atoms with Gasteiger partial charge in [0, 0.05) is 5.69 Å². The highest BCUT2D eigenvalue weighted by Crippen LogP contribution is 2.12. The van der Waals surface area contributed by atoms with Crippen LogP contribution in [0.5, 0.6) is 5.75 Å². The summed E-state index contributed by atoms with van der Waals surface area (Å²) >= 11 is 0. The van der Waals surface area contributed by atoms with Gasteiger partial charge >= 0.3 is 0 Å². The first kappa shape index (κ1) is 18.0. The smallest absolute Gasteiger partial charge is 0.267 e. The van der Waals surface area contributed by atoms with Gasteiger partial charge in [0.15, 0.2) is 0 Å². The number of oxime groups is 1. The molecule has 2 rings (SSSR count). The first-order chi connectivity index (χ1) is 12.1. The van der Waals surface area contributed by atoms with E-state index < -0.39 is 6.10 Å². The van der Waals surface area contributed by atoms with Crippen LogP contribution in [0.1, 0.15) is 25.0 Å². The molecule has 0 aromatic heterocycles. The predicted molar refractivity (Wildman–Crippen MR) is 95.5 cm³/mol. The standard InChI is InChI=1S/C19H19N3O3/c1-3-24-18-9-7-15(8-10-18)13-21-25-14(2)19(23)22-17-6-4-5-16(11-17)12-20/h4-11,13-14H,3H2,1-2H3,(H,22,23)/b21-13-/t14-/m1/s1. The van der Waals surface area contributed by atoms with Gasteiger partial charge in [-0.15, -0.1) is 0 Å². The maximum Gasteiger partial charge on any atom is 0.267 e. The number of amides is 1. The number of rotatable bonds is 7. The molecule has 0 radical (unpaired) electrons. The maximum absolute atomic E-state index is 12.1. The van der Waals surface area contributed by atoms with Gasteiger partial charge in [-0.25, -0.2) is 0 Å². The number of nitrogens with one attached hydrogen (secondary N) is 1. The molecule has 1 N–H and O–H groups in total. The molecule has 0 fully saturated rings. The van der Waals surface area contributed by atoms with Crippen LogP contribution in [-0.2, 0) is 9.63 Å². The molecular weight excluding hydrogens is 318 g/mol. The third kappa shape index (κ3) is 5.66. The second-order valence-corrected chi connectivity index (χ2v) is 5.17. The highest BCUT2D eigenvalue weighted by molar-refractivity contribution is 5.94. The van der Waals surface area contributed by atoms with Gasteiger partial charge in [-0.3, -0.25) is 4.79 Å². The van der Waals surface area contributed by atoms with Crippen LogP contribution in [0.3, 0.4) is 0 Å². The molecule has 0 spiro atoms. The summed E-state index contributed by atoms with van der Waals surface area (Å²) < 4.78 is 5.36. The van der Waals surface area contributed by atoms with Gasteiger partial charge in [-0.05, 0) is 61.9 Å². The van der Waals surface area contributed by atoms with Gasteiger partial charge in [0.25, 0.3) is 5.91 Å². The summed E-state index contributed by atoms with van der Waals surface area (Å²) in [6.07, 6.45) is 0.750. The number of nitrogens with zero attached hydrogens (tertiary/aromatic N) is 2. The van der Waals surface area contributed by atoms with E-state index in [0.717, 1.165) is 11.3 Å². The fourth-order valence-electron chi connectivity index (χ4n) is 1.96. The summed E-state index contributed by atoms with van der Waals surface area (Å²) in [5.74, 6) is 0.437. The van der Waals surface area contributed by atoms with Crippen LogP contribution < -0.4 is 10.1 Å². The third-order valence-corrected chi connectivity index (χ3v) is 3.24. The molecule has 128 valence electrons. The van der Waals surface area contributed by atoms with Crippen molar-refractivity contribution in [2.24, 2.45) is 5.16 Å². The number of carbonyl (C=O) groups is 1. The molecule has 0 heterocycles. The monoisotopic (exact) mass is 337 g/mol. The lowest BCUT2D eigenvalue weighted by atomic mass is 10.2. The molecule has 0 saturated heterocycles. The van der Waals surface area contributed by atoms with Crippen LogP contribution in [0.25, 0.3) is 0 Å². The van der Waals surface area contributed by atoms with Crippen molar-refractivity contribution in [1.29, 1.82) is 5.26 Å². The Kier molecular flexibility index (Phi) is 6.55. The van der Waals surface area contributed by atoms with E-state index in [0.29, 0.717) is 17.9 Å². The zero-order valence-corrected chi connectivity index (χ0v) is 14.1. The summed E-state index contributed by atoms with van der Waals surface area (Å²) in [6, 6.07) is 16.0. The van der Waals surface area contributed by atoms with Crippen molar-refractivity contribution in [3.8, 4) is 11.8 Å². The van der Waals surface area contributed by atoms with Crippen LogP contribution in [-0.4, -0.2) is 24.8 Å². The summed E-state index contributed by atoms with van der Waals surface area (Å²) in [5.41, 5.74) is 1.84. The van der Waals surface area contributed by atoms with Crippen molar-refractivity contribution < 1.29 is 14.4 Å². The molecule has 0 saturated carbocycles. The van der Waals surface area contributed by atoms with Crippen LogP contribution >= 0.6 is 0 Å². The Morgan fingerprint density at radius 2 is 2.08 bits per heavy atom. The number of hydrogen-bond donors (Lipinski definition) is 1. The predicted octanol–water partition coefficient (Wildman–Crippen LogP) is 3.33. The molecule has 1 amide bonds. The number of anilines is 1. The van der Waals surface area contributed by atoms with E-state index in [1.165, 1.54) is 6.21 Å². The number of nitriles is 1. The molecule has 0 aliphatic rings. The molecule has 2 aromatic rings. The quantitative estimate of drug-likeness (QED) is 0.620. The van der Waals surface area contributed by atoms with Crippen molar-refractivity contribution in [2.75, 3.05) is 11.9 Å². The van der Waals surface area contributed by atoms with Crippen molar-refractivity contribution in [2.45, 2.75) is 20.0 Å². The molecule has 25 heavy (non-hydrogen) atoms. The second-order valence-electron chi connectivity index (χ2n) is 5.17. The van der Waals surface area contributed by atoms with E-state index >= 15 is 0 Å². The Balaban J connectivity index is 1.87. The highest BCUT2D eigenvalue weighted by Gasteiger charge is 2.14. The van der Waals surface area contributed by atoms with E-state index in [-0.39, 0.29) is 5.91 Å². The lowest BCUT2D eigenvalue weighted by Gasteiger charge is -2.10. The Labute approximate surface area is 146 Å². The van der Waals surface area contributed by atoms with Crippen molar-refractivity contribution in [3.63, 3.8) is 0 Å². The minimum Gasteiger partial charge on any atom is -0.494 e. The van der Waals surface area contributed by atoms with Gasteiger partial charge in [0.1, 0.15) is 5.75 Å². The highest BCUT2D eigenvalue weighted by atomic mass is 16.6. The fourth-order valence-corrected chi connectivity index (χ4v) is 1.96. The molecule has 6 heteroatoms. The summed E-state index contributed by atoms with van der Waals surface area (Å²) in [5, 5.41) is 15.4. The number of hydrogen-bond acceptors (Lipinski definition) is 5. The molecule has 0 aliphatic carbocycles. The van der Waals surface area contributed by atoms with Crippen LogP contribution in [0.15, 0.2) is 53.7 Å². The molecule has 0 bridgehead atoms. The molecule has 0 unspecified atom stereocenters. The summed E-state index contributed by atoms with van der Waals surface area (Å²) in [4.78, 5) is 17.2. The minimum absolute atomic E-state index is 0.348. The summed E-state index contributed by atoms with van der Waals surface area (Å²) in [6.45, 7) is 4.13. The average Bonchev–Trinajstić information content (AvgIpc) is 2.63. The topological polar surface area (TPSA) is 83.7 Å². The Morgan fingerprint density at radius 1 is 1.32 bits per heavy atom. The van der Waals surface area contributed by atoms with E-state index in [2.05, 4.69) is 10.5 Å². The normalized spacial score (nSPS) is 11.6. The van der Waals surface area contributed by atoms with Crippen LogP contribution in [0.4, 0.5) is 5.69 Å². The Morgan fingerprint density at radius 3 is 2.76 bits per heavy atom. The van der Waals surface area contributed by atoms with Crippen LogP contribution in [0, 0.1) is 11.3 Å². The van der Waals surface area contributed by atoms with Crippen molar-refractivity contribution >= 4 is 17.8 Å².